The third-order valence-electron chi connectivity index (χ3n) is 4.77. The first-order valence-corrected chi connectivity index (χ1v) is 11.7. The van der Waals surface area contributed by atoms with Gasteiger partial charge in [-0.05, 0) is 37.0 Å². The summed E-state index contributed by atoms with van der Waals surface area (Å²) in [6.45, 7) is 8.80. The first-order valence-electron chi connectivity index (χ1n) is 10.2. The summed E-state index contributed by atoms with van der Waals surface area (Å²) in [4.78, 5) is 27.3. The number of aryl methyl sites for hydroxylation is 1. The van der Waals surface area contributed by atoms with Crippen LogP contribution in [0.2, 0.25) is 5.02 Å². The zero-order chi connectivity index (χ0) is 22.1. The average Bonchev–Trinajstić information content (AvgIpc) is 2.72. The van der Waals surface area contributed by atoms with Crippen LogP contribution < -0.4 is 5.32 Å². The molecule has 162 valence electrons. The van der Waals surface area contributed by atoms with Crippen molar-refractivity contribution < 1.29 is 9.59 Å². The van der Waals surface area contributed by atoms with Crippen molar-refractivity contribution in [3.63, 3.8) is 0 Å². The molecule has 0 saturated carbocycles. The average molecular weight is 447 g/mol. The number of amides is 2. The van der Waals surface area contributed by atoms with E-state index in [-0.39, 0.29) is 11.8 Å². The molecule has 1 N–H and O–H groups in total. The lowest BCUT2D eigenvalue weighted by atomic mass is 10.1. The molecule has 2 amide bonds. The van der Waals surface area contributed by atoms with Gasteiger partial charge in [0.25, 0.3) is 0 Å². The van der Waals surface area contributed by atoms with Crippen LogP contribution in [-0.4, -0.2) is 35.1 Å². The minimum atomic E-state index is -0.576. The smallest absolute Gasteiger partial charge is 0.242 e. The van der Waals surface area contributed by atoms with E-state index in [1.54, 1.807) is 29.7 Å². The molecule has 0 bridgehead atoms. The summed E-state index contributed by atoms with van der Waals surface area (Å²) < 4.78 is 0. The Morgan fingerprint density at radius 2 is 1.73 bits per heavy atom. The molecule has 2 aromatic carbocycles. The van der Waals surface area contributed by atoms with E-state index in [1.165, 1.54) is 11.1 Å². The zero-order valence-electron chi connectivity index (χ0n) is 18.2. The normalized spacial score (nSPS) is 11.9. The summed E-state index contributed by atoms with van der Waals surface area (Å²) in [5.74, 6) is 1.19. The highest BCUT2D eigenvalue weighted by atomic mass is 35.5. The van der Waals surface area contributed by atoms with E-state index in [2.05, 4.69) is 36.5 Å². The van der Waals surface area contributed by atoms with E-state index >= 15 is 0 Å². The Morgan fingerprint density at radius 1 is 1.07 bits per heavy atom. The molecular formula is C24H31ClN2O2S. The van der Waals surface area contributed by atoms with Gasteiger partial charge in [-0.2, -0.15) is 0 Å². The minimum Gasteiger partial charge on any atom is -0.354 e. The molecule has 0 aliphatic rings. The van der Waals surface area contributed by atoms with Gasteiger partial charge in [-0.3, -0.25) is 9.59 Å². The Hall–Kier alpha value is -1.98. The van der Waals surface area contributed by atoms with Gasteiger partial charge in [0.15, 0.2) is 0 Å². The number of halogens is 1. The van der Waals surface area contributed by atoms with Crippen molar-refractivity contribution in [3.8, 4) is 0 Å². The predicted octanol–water partition coefficient (Wildman–Crippen LogP) is 5.07. The third-order valence-corrected chi connectivity index (χ3v) is 6.12. The Labute approximate surface area is 189 Å². The molecule has 6 heteroatoms. The largest absolute Gasteiger partial charge is 0.354 e. The molecule has 2 rings (SSSR count). The zero-order valence-corrected chi connectivity index (χ0v) is 19.7. The van der Waals surface area contributed by atoms with Gasteiger partial charge in [-0.1, -0.05) is 73.5 Å². The number of rotatable bonds is 10. The fourth-order valence-electron chi connectivity index (χ4n) is 2.87. The molecule has 0 aliphatic heterocycles. The lowest BCUT2D eigenvalue weighted by molar-refractivity contribution is -0.138. The van der Waals surface area contributed by atoms with Gasteiger partial charge in [0.1, 0.15) is 6.04 Å². The van der Waals surface area contributed by atoms with Crippen LogP contribution in [0.25, 0.3) is 0 Å². The van der Waals surface area contributed by atoms with Gasteiger partial charge in [0.05, 0.1) is 5.75 Å². The summed E-state index contributed by atoms with van der Waals surface area (Å²) in [6, 6.07) is 15.2. The highest BCUT2D eigenvalue weighted by Gasteiger charge is 2.26. The molecule has 0 fully saturated rings. The first kappa shape index (κ1) is 24.3. The maximum atomic E-state index is 13.1. The van der Waals surface area contributed by atoms with Crippen LogP contribution in [0, 0.1) is 12.8 Å². The topological polar surface area (TPSA) is 49.4 Å². The minimum absolute atomic E-state index is 0.0702. The lowest BCUT2D eigenvalue weighted by Crippen LogP contribution is -2.48. The fourth-order valence-corrected chi connectivity index (χ4v) is 3.93. The molecule has 0 radical (unpaired) electrons. The van der Waals surface area contributed by atoms with Crippen molar-refractivity contribution >= 4 is 35.2 Å². The van der Waals surface area contributed by atoms with Crippen LogP contribution in [0.4, 0.5) is 0 Å². The number of thioether (sulfide) groups is 1. The van der Waals surface area contributed by atoms with E-state index in [9.17, 15) is 9.59 Å². The second kappa shape index (κ2) is 12.0. The summed E-state index contributed by atoms with van der Waals surface area (Å²) in [7, 11) is 0. The lowest BCUT2D eigenvalue weighted by Gasteiger charge is -2.29. The molecule has 0 spiro atoms. The first-order chi connectivity index (χ1) is 14.3. The van der Waals surface area contributed by atoms with Gasteiger partial charge in [0.2, 0.25) is 11.8 Å². The summed E-state index contributed by atoms with van der Waals surface area (Å²) in [5, 5.41) is 3.53. The standard InChI is InChI=1S/C24H31ClN2O2S/c1-17(2)13-26-24(29)19(4)27(14-21-7-5-6-8-22(21)25)23(28)16-30-15-20-11-9-18(3)10-12-20/h5-12,17,19H,13-16H2,1-4H3,(H,26,29). The van der Waals surface area contributed by atoms with Gasteiger partial charge in [0, 0.05) is 23.9 Å². The number of benzene rings is 2. The molecule has 2 aromatic rings. The van der Waals surface area contributed by atoms with Crippen LogP contribution in [0.1, 0.15) is 37.5 Å². The quantitative estimate of drug-likeness (QED) is 0.554. The molecule has 0 aliphatic carbocycles. The molecule has 1 atom stereocenters. The SMILES string of the molecule is Cc1ccc(CSCC(=O)N(Cc2ccccc2Cl)C(C)C(=O)NCC(C)C)cc1. The Kier molecular flexibility index (Phi) is 9.73. The van der Waals surface area contributed by atoms with Crippen LogP contribution in [0.3, 0.4) is 0 Å². The van der Waals surface area contributed by atoms with Gasteiger partial charge < -0.3 is 10.2 Å². The number of hydrogen-bond acceptors (Lipinski definition) is 3. The second-order valence-electron chi connectivity index (χ2n) is 7.91. The van der Waals surface area contributed by atoms with E-state index in [0.717, 1.165) is 11.3 Å². The maximum Gasteiger partial charge on any atom is 0.242 e. The molecule has 30 heavy (non-hydrogen) atoms. The van der Waals surface area contributed by atoms with Crippen molar-refractivity contribution in [3.05, 3.63) is 70.2 Å². The van der Waals surface area contributed by atoms with E-state index in [1.807, 2.05) is 32.0 Å². The van der Waals surface area contributed by atoms with Crippen molar-refractivity contribution in [1.29, 1.82) is 0 Å². The van der Waals surface area contributed by atoms with E-state index in [4.69, 9.17) is 11.6 Å². The summed E-state index contributed by atoms with van der Waals surface area (Å²) in [5.41, 5.74) is 3.23. The number of carbonyl (C=O) groups is 2. The van der Waals surface area contributed by atoms with Crippen molar-refractivity contribution in [1.82, 2.24) is 10.2 Å². The van der Waals surface area contributed by atoms with Crippen molar-refractivity contribution in [2.24, 2.45) is 5.92 Å². The molecule has 1 unspecified atom stereocenters. The predicted molar refractivity (Wildman–Crippen MR) is 127 cm³/mol. The van der Waals surface area contributed by atoms with Gasteiger partial charge in [-0.25, -0.2) is 0 Å². The maximum absolute atomic E-state index is 13.1. The number of hydrogen-bond donors (Lipinski definition) is 1. The van der Waals surface area contributed by atoms with Gasteiger partial charge >= 0.3 is 0 Å². The summed E-state index contributed by atoms with van der Waals surface area (Å²) in [6.07, 6.45) is 0. The Balaban J connectivity index is 2.06. The fraction of sp³-hybridized carbons (Fsp3) is 0.417. The van der Waals surface area contributed by atoms with Crippen LogP contribution >= 0.6 is 23.4 Å². The second-order valence-corrected chi connectivity index (χ2v) is 9.30. The molecule has 4 nitrogen and oxygen atoms in total. The molecular weight excluding hydrogens is 416 g/mol. The van der Waals surface area contributed by atoms with Crippen molar-refractivity contribution in [2.45, 2.75) is 46.0 Å². The van der Waals surface area contributed by atoms with E-state index in [0.29, 0.717) is 29.8 Å². The Bertz CT molecular complexity index is 839. The molecule has 0 saturated heterocycles. The van der Waals surface area contributed by atoms with Crippen LogP contribution in [0.15, 0.2) is 48.5 Å². The Morgan fingerprint density at radius 3 is 2.37 bits per heavy atom. The monoisotopic (exact) mass is 446 g/mol. The van der Waals surface area contributed by atoms with Gasteiger partial charge in [-0.15, -0.1) is 11.8 Å². The highest BCUT2D eigenvalue weighted by Crippen LogP contribution is 2.20. The van der Waals surface area contributed by atoms with Crippen molar-refractivity contribution in [2.75, 3.05) is 12.3 Å². The molecule has 0 aromatic heterocycles. The third kappa shape index (κ3) is 7.69. The highest BCUT2D eigenvalue weighted by molar-refractivity contribution is 7.99. The van der Waals surface area contributed by atoms with Crippen LogP contribution in [-0.2, 0) is 21.9 Å². The number of nitrogens with zero attached hydrogens (tertiary/aromatic N) is 1. The number of nitrogens with one attached hydrogen (secondary N) is 1. The summed E-state index contributed by atoms with van der Waals surface area (Å²) >= 11 is 7.87. The van der Waals surface area contributed by atoms with Crippen LogP contribution in [0.5, 0.6) is 0 Å². The van der Waals surface area contributed by atoms with E-state index < -0.39 is 6.04 Å². The number of carbonyl (C=O) groups excluding carboxylic acids is 2. The molecule has 0 heterocycles.